The molecule has 18 heavy (non-hydrogen) atoms. The van der Waals surface area contributed by atoms with Crippen LogP contribution in [0.2, 0.25) is 0 Å². The van der Waals surface area contributed by atoms with Gasteiger partial charge in [0.1, 0.15) is 0 Å². The van der Waals surface area contributed by atoms with Crippen molar-refractivity contribution in [2.24, 2.45) is 18.4 Å². The number of benzene rings is 1. The van der Waals surface area contributed by atoms with Crippen molar-refractivity contribution in [3.05, 3.63) is 34.3 Å². The highest BCUT2D eigenvalue weighted by atomic mass is 16.4. The van der Waals surface area contributed by atoms with Crippen LogP contribution in [-0.4, -0.2) is 10.4 Å². The van der Waals surface area contributed by atoms with Gasteiger partial charge in [-0.05, 0) is 30.0 Å². The number of hydrogen-bond acceptors (Lipinski definition) is 3. The van der Waals surface area contributed by atoms with Gasteiger partial charge in [0.25, 0.3) is 0 Å². The van der Waals surface area contributed by atoms with Crippen molar-refractivity contribution >= 4 is 16.9 Å². The first-order valence-electron chi connectivity index (χ1n) is 6.04. The highest BCUT2D eigenvalue weighted by Gasteiger charge is 2.50. The second-order valence-corrected chi connectivity index (χ2v) is 5.72. The van der Waals surface area contributed by atoms with E-state index in [4.69, 9.17) is 4.42 Å². The summed E-state index contributed by atoms with van der Waals surface area (Å²) in [4.78, 5) is 23.6. The van der Waals surface area contributed by atoms with E-state index in [1.807, 2.05) is 0 Å². The molecule has 1 aliphatic carbocycles. The van der Waals surface area contributed by atoms with E-state index in [-0.39, 0.29) is 17.1 Å². The SMILES string of the molecule is Cn1c(=O)oc2cc(C(=O)C3CC3(C)C)ccc21. The molecule has 1 aliphatic rings. The number of ketones is 1. The van der Waals surface area contributed by atoms with Gasteiger partial charge in [0.2, 0.25) is 0 Å². The van der Waals surface area contributed by atoms with Crippen LogP contribution < -0.4 is 5.76 Å². The lowest BCUT2D eigenvalue weighted by Gasteiger charge is -2.03. The third kappa shape index (κ3) is 1.52. The number of nitrogens with zero attached hydrogens (tertiary/aromatic N) is 1. The van der Waals surface area contributed by atoms with Crippen molar-refractivity contribution < 1.29 is 9.21 Å². The van der Waals surface area contributed by atoms with Crippen LogP contribution in [0.15, 0.2) is 27.4 Å². The van der Waals surface area contributed by atoms with Gasteiger partial charge in [-0.15, -0.1) is 0 Å². The Labute approximate surface area is 104 Å². The fraction of sp³-hybridized carbons (Fsp3) is 0.429. The first-order valence-corrected chi connectivity index (χ1v) is 6.04. The molecule has 0 amide bonds. The van der Waals surface area contributed by atoms with E-state index in [2.05, 4.69) is 13.8 Å². The van der Waals surface area contributed by atoms with Gasteiger partial charge in [-0.25, -0.2) is 4.79 Å². The van der Waals surface area contributed by atoms with E-state index in [0.29, 0.717) is 16.7 Å². The first kappa shape index (κ1) is 11.3. The molecule has 1 fully saturated rings. The first-order chi connectivity index (χ1) is 8.40. The van der Waals surface area contributed by atoms with Crippen molar-refractivity contribution in [1.29, 1.82) is 0 Å². The Morgan fingerprint density at radius 3 is 2.72 bits per heavy atom. The second kappa shape index (κ2) is 3.34. The summed E-state index contributed by atoms with van der Waals surface area (Å²) in [6.07, 6.45) is 0.933. The summed E-state index contributed by atoms with van der Waals surface area (Å²) in [6, 6.07) is 5.21. The molecule has 4 nitrogen and oxygen atoms in total. The molecule has 94 valence electrons. The quantitative estimate of drug-likeness (QED) is 0.763. The van der Waals surface area contributed by atoms with Crippen LogP contribution >= 0.6 is 0 Å². The molecule has 1 unspecified atom stereocenters. The number of fused-ring (bicyclic) bond motifs is 1. The molecule has 0 saturated heterocycles. The molecule has 4 heteroatoms. The minimum Gasteiger partial charge on any atom is -0.408 e. The number of hydrogen-bond donors (Lipinski definition) is 0. The summed E-state index contributed by atoms with van der Waals surface area (Å²) in [6.45, 7) is 4.19. The number of carbonyl (C=O) groups excluding carboxylic acids is 1. The predicted octanol–water partition coefficient (Wildman–Crippen LogP) is 2.36. The average molecular weight is 245 g/mol. The smallest absolute Gasteiger partial charge is 0.408 e. The second-order valence-electron chi connectivity index (χ2n) is 5.72. The highest BCUT2D eigenvalue weighted by Crippen LogP contribution is 2.53. The topological polar surface area (TPSA) is 52.2 Å². The maximum atomic E-state index is 12.2. The lowest BCUT2D eigenvalue weighted by Crippen LogP contribution is -2.08. The summed E-state index contributed by atoms with van der Waals surface area (Å²) >= 11 is 0. The van der Waals surface area contributed by atoms with Gasteiger partial charge in [-0.1, -0.05) is 13.8 Å². The van der Waals surface area contributed by atoms with E-state index < -0.39 is 5.76 Å². The Bertz CT molecular complexity index is 705. The van der Waals surface area contributed by atoms with Crippen LogP contribution in [0.1, 0.15) is 30.6 Å². The molecule has 0 N–H and O–H groups in total. The Kier molecular flexibility index (Phi) is 2.09. The molecule has 0 aliphatic heterocycles. The molecule has 3 rings (SSSR count). The third-order valence-electron chi connectivity index (χ3n) is 3.91. The monoisotopic (exact) mass is 245 g/mol. The Balaban J connectivity index is 2.04. The summed E-state index contributed by atoms with van der Waals surface area (Å²) in [5.74, 6) is -0.153. The van der Waals surface area contributed by atoms with Crippen LogP contribution in [0, 0.1) is 11.3 Å². The molecule has 1 aromatic heterocycles. The maximum Gasteiger partial charge on any atom is 0.419 e. The number of rotatable bonds is 2. The number of oxazole rings is 1. The number of aromatic nitrogens is 1. The average Bonchev–Trinajstić information content (AvgIpc) is 2.86. The predicted molar refractivity (Wildman–Crippen MR) is 67.7 cm³/mol. The molecule has 2 aromatic rings. The lowest BCUT2D eigenvalue weighted by molar-refractivity contribution is 0.0953. The number of aryl methyl sites for hydroxylation is 1. The minimum absolute atomic E-state index is 0.102. The molecule has 1 atom stereocenters. The van der Waals surface area contributed by atoms with Gasteiger partial charge in [0.15, 0.2) is 11.4 Å². The summed E-state index contributed by atoms with van der Waals surface area (Å²) in [7, 11) is 1.65. The Morgan fingerprint density at radius 2 is 2.11 bits per heavy atom. The van der Waals surface area contributed by atoms with Crippen molar-refractivity contribution in [3.8, 4) is 0 Å². The van der Waals surface area contributed by atoms with E-state index in [9.17, 15) is 9.59 Å². The highest BCUT2D eigenvalue weighted by molar-refractivity contribution is 6.02. The van der Waals surface area contributed by atoms with Crippen molar-refractivity contribution in [2.75, 3.05) is 0 Å². The molecular formula is C14H15NO3. The number of Topliss-reactive ketones (excluding diaryl/α,β-unsaturated/α-hetero) is 1. The Hall–Kier alpha value is -1.84. The molecular weight excluding hydrogens is 230 g/mol. The van der Waals surface area contributed by atoms with E-state index in [1.165, 1.54) is 4.57 Å². The Morgan fingerprint density at radius 1 is 1.44 bits per heavy atom. The van der Waals surface area contributed by atoms with Gasteiger partial charge in [0, 0.05) is 18.5 Å². The molecule has 0 bridgehead atoms. The van der Waals surface area contributed by atoms with Crippen LogP contribution in [0.3, 0.4) is 0 Å². The van der Waals surface area contributed by atoms with Crippen LogP contribution in [-0.2, 0) is 7.05 Å². The van der Waals surface area contributed by atoms with Gasteiger partial charge >= 0.3 is 5.76 Å². The van der Waals surface area contributed by atoms with Crippen molar-refractivity contribution in [3.63, 3.8) is 0 Å². The van der Waals surface area contributed by atoms with Crippen LogP contribution in [0.4, 0.5) is 0 Å². The zero-order chi connectivity index (χ0) is 13.1. The summed E-state index contributed by atoms with van der Waals surface area (Å²) in [5, 5.41) is 0. The lowest BCUT2D eigenvalue weighted by atomic mass is 10.0. The molecule has 1 saturated carbocycles. The standard InChI is InChI=1S/C14H15NO3/c1-14(2)7-9(14)12(16)8-4-5-10-11(6-8)18-13(17)15(10)3/h4-6,9H,7H2,1-3H3. The molecule has 0 spiro atoms. The zero-order valence-electron chi connectivity index (χ0n) is 10.7. The van der Waals surface area contributed by atoms with E-state index in [1.54, 1.807) is 25.2 Å². The van der Waals surface area contributed by atoms with E-state index >= 15 is 0 Å². The van der Waals surface area contributed by atoms with Crippen molar-refractivity contribution in [2.45, 2.75) is 20.3 Å². The zero-order valence-corrected chi connectivity index (χ0v) is 10.7. The molecule has 0 radical (unpaired) electrons. The fourth-order valence-electron chi connectivity index (χ4n) is 2.40. The fourth-order valence-corrected chi connectivity index (χ4v) is 2.40. The number of carbonyl (C=O) groups is 1. The van der Waals surface area contributed by atoms with Gasteiger partial charge in [-0.2, -0.15) is 0 Å². The molecule has 1 heterocycles. The van der Waals surface area contributed by atoms with E-state index in [0.717, 1.165) is 6.42 Å². The van der Waals surface area contributed by atoms with Crippen molar-refractivity contribution in [1.82, 2.24) is 4.57 Å². The molecule has 1 aromatic carbocycles. The van der Waals surface area contributed by atoms with Gasteiger partial charge < -0.3 is 4.42 Å². The minimum atomic E-state index is -0.402. The van der Waals surface area contributed by atoms with Gasteiger partial charge in [-0.3, -0.25) is 9.36 Å². The third-order valence-corrected chi connectivity index (χ3v) is 3.91. The summed E-state index contributed by atoms with van der Waals surface area (Å²) in [5.41, 5.74) is 1.94. The largest absolute Gasteiger partial charge is 0.419 e. The van der Waals surface area contributed by atoms with Gasteiger partial charge in [0.05, 0.1) is 5.52 Å². The van der Waals surface area contributed by atoms with Crippen LogP contribution in [0.25, 0.3) is 11.1 Å². The maximum absolute atomic E-state index is 12.2. The summed E-state index contributed by atoms with van der Waals surface area (Å²) < 4.78 is 6.53. The normalized spacial score (nSPS) is 21.2. The van der Waals surface area contributed by atoms with Crippen LogP contribution in [0.5, 0.6) is 0 Å².